The van der Waals surface area contributed by atoms with Crippen molar-refractivity contribution in [1.82, 2.24) is 4.40 Å². The van der Waals surface area contributed by atoms with E-state index < -0.39 is 23.1 Å². The molecule has 2 heterocycles. The molecule has 0 spiro atoms. The van der Waals surface area contributed by atoms with E-state index in [4.69, 9.17) is 4.42 Å². The number of benzene rings is 1. The average molecular weight is 343 g/mol. The van der Waals surface area contributed by atoms with Gasteiger partial charge in [0.2, 0.25) is 0 Å². The number of aryl methyl sites for hydroxylation is 1. The molecular weight excluding hydrogens is 330 g/mol. The molecule has 3 rings (SSSR count). The molecule has 1 aromatic carbocycles. The summed E-state index contributed by atoms with van der Waals surface area (Å²) in [5, 5.41) is 0. The lowest BCUT2D eigenvalue weighted by atomic mass is 10.1. The van der Waals surface area contributed by atoms with Crippen LogP contribution in [0.25, 0.3) is 16.6 Å². The van der Waals surface area contributed by atoms with Crippen molar-refractivity contribution >= 4 is 28.6 Å². The quantitative estimate of drug-likeness (QED) is 0.510. The predicted octanol–water partition coefficient (Wildman–Crippen LogP) is 1.29. The van der Waals surface area contributed by atoms with Crippen molar-refractivity contribution in [1.29, 1.82) is 0 Å². The molecule has 0 N–H and O–H groups in total. The number of carbonyl (C=O) groups is 2. The van der Waals surface area contributed by atoms with Crippen LogP contribution in [-0.4, -0.2) is 30.6 Å². The molecular formula is C17H13NO7. The zero-order valence-electron chi connectivity index (χ0n) is 13.6. The van der Waals surface area contributed by atoms with Gasteiger partial charge in [-0.2, -0.15) is 0 Å². The van der Waals surface area contributed by atoms with E-state index in [-0.39, 0.29) is 22.2 Å². The summed E-state index contributed by atoms with van der Waals surface area (Å²) >= 11 is 0. The highest BCUT2D eigenvalue weighted by atomic mass is 16.5. The van der Waals surface area contributed by atoms with E-state index in [9.17, 15) is 19.2 Å². The number of esters is 2. The van der Waals surface area contributed by atoms with Gasteiger partial charge in [-0.15, -0.1) is 0 Å². The molecule has 128 valence electrons. The van der Waals surface area contributed by atoms with Crippen molar-refractivity contribution in [3.8, 4) is 0 Å². The van der Waals surface area contributed by atoms with Crippen LogP contribution in [0.15, 0.2) is 38.3 Å². The molecule has 0 aliphatic carbocycles. The van der Waals surface area contributed by atoms with Crippen molar-refractivity contribution in [2.24, 2.45) is 0 Å². The van der Waals surface area contributed by atoms with Gasteiger partial charge in [0.25, 0.3) is 5.56 Å². The fraction of sp³-hybridized carbons (Fsp3) is 0.176. The number of carbonyl (C=O) groups excluding carboxylic acids is 2. The van der Waals surface area contributed by atoms with E-state index in [0.29, 0.717) is 5.52 Å². The zero-order valence-corrected chi connectivity index (χ0v) is 13.6. The van der Waals surface area contributed by atoms with Gasteiger partial charge in [-0.1, -0.05) is 6.07 Å². The fourth-order valence-electron chi connectivity index (χ4n) is 2.66. The molecule has 0 amide bonds. The number of ether oxygens (including phenoxy) is 2. The van der Waals surface area contributed by atoms with Crippen molar-refractivity contribution in [3.05, 3.63) is 61.7 Å². The molecule has 8 nitrogen and oxygen atoms in total. The van der Waals surface area contributed by atoms with Crippen molar-refractivity contribution < 1.29 is 23.5 Å². The summed E-state index contributed by atoms with van der Waals surface area (Å²) in [6, 6.07) is 5.83. The number of aromatic nitrogens is 1. The molecule has 0 saturated heterocycles. The molecule has 8 heteroatoms. The fourth-order valence-corrected chi connectivity index (χ4v) is 2.66. The van der Waals surface area contributed by atoms with Gasteiger partial charge in [0, 0.05) is 6.07 Å². The third kappa shape index (κ3) is 2.47. The Morgan fingerprint density at radius 1 is 1.04 bits per heavy atom. The molecule has 0 atom stereocenters. The largest absolute Gasteiger partial charge is 0.465 e. The monoisotopic (exact) mass is 343 g/mol. The van der Waals surface area contributed by atoms with E-state index in [1.54, 1.807) is 25.1 Å². The Morgan fingerprint density at radius 2 is 1.72 bits per heavy atom. The highest BCUT2D eigenvalue weighted by Gasteiger charge is 2.27. The summed E-state index contributed by atoms with van der Waals surface area (Å²) in [6.07, 6.45) is 0. The first-order chi connectivity index (χ1) is 11.9. The van der Waals surface area contributed by atoms with Crippen LogP contribution in [-0.2, 0) is 9.47 Å². The predicted molar refractivity (Wildman–Crippen MR) is 87.1 cm³/mol. The lowest BCUT2D eigenvalue weighted by Gasteiger charge is -2.11. The Hall–Kier alpha value is -3.42. The first-order valence-corrected chi connectivity index (χ1v) is 7.19. The number of fused-ring (bicyclic) bond motifs is 3. The Labute approximate surface area is 140 Å². The minimum absolute atomic E-state index is 0.173. The molecule has 3 aromatic rings. The van der Waals surface area contributed by atoms with E-state index in [2.05, 4.69) is 9.47 Å². The maximum Gasteiger partial charge on any atom is 0.361 e. The summed E-state index contributed by atoms with van der Waals surface area (Å²) in [5.41, 5.74) is -1.46. The highest BCUT2D eigenvalue weighted by molar-refractivity contribution is 6.08. The minimum atomic E-state index is -0.961. The molecule has 2 aromatic heterocycles. The molecule has 0 saturated carbocycles. The normalized spacial score (nSPS) is 10.8. The first-order valence-electron chi connectivity index (χ1n) is 7.19. The van der Waals surface area contributed by atoms with Gasteiger partial charge in [-0.25, -0.2) is 14.4 Å². The summed E-state index contributed by atoms with van der Waals surface area (Å²) in [4.78, 5) is 49.2. The number of methoxy groups -OCH3 is 2. The smallest absolute Gasteiger partial charge is 0.361 e. The molecule has 0 unspecified atom stereocenters. The van der Waals surface area contributed by atoms with E-state index in [1.807, 2.05) is 0 Å². The average Bonchev–Trinajstić information content (AvgIpc) is 2.60. The Morgan fingerprint density at radius 3 is 2.36 bits per heavy atom. The Balaban J connectivity index is 2.66. The van der Waals surface area contributed by atoms with Crippen LogP contribution in [0.3, 0.4) is 0 Å². The number of hydrogen-bond donors (Lipinski definition) is 0. The molecule has 0 aliphatic rings. The van der Waals surface area contributed by atoms with Gasteiger partial charge in [0.1, 0.15) is 5.56 Å². The van der Waals surface area contributed by atoms with Crippen LogP contribution in [0, 0.1) is 6.92 Å². The highest BCUT2D eigenvalue weighted by Crippen LogP contribution is 2.20. The van der Waals surface area contributed by atoms with Crippen molar-refractivity contribution in [2.45, 2.75) is 6.92 Å². The maximum absolute atomic E-state index is 12.6. The second-order valence-electron chi connectivity index (χ2n) is 5.30. The van der Waals surface area contributed by atoms with Gasteiger partial charge < -0.3 is 13.9 Å². The van der Waals surface area contributed by atoms with Gasteiger partial charge in [-0.3, -0.25) is 9.20 Å². The molecule has 0 bridgehead atoms. The number of nitrogens with zero attached hydrogens (tertiary/aromatic N) is 1. The summed E-state index contributed by atoms with van der Waals surface area (Å²) in [5.74, 6) is -1.90. The summed E-state index contributed by atoms with van der Waals surface area (Å²) in [6.45, 7) is 1.80. The van der Waals surface area contributed by atoms with Crippen LogP contribution >= 0.6 is 0 Å². The van der Waals surface area contributed by atoms with Gasteiger partial charge in [-0.05, 0) is 24.6 Å². The van der Waals surface area contributed by atoms with Crippen LogP contribution in [0.2, 0.25) is 0 Å². The van der Waals surface area contributed by atoms with Gasteiger partial charge in [0.15, 0.2) is 11.1 Å². The second-order valence-corrected chi connectivity index (χ2v) is 5.30. The van der Waals surface area contributed by atoms with Crippen molar-refractivity contribution in [3.63, 3.8) is 0 Å². The topological polar surface area (TPSA) is 104 Å². The lowest BCUT2D eigenvalue weighted by Crippen LogP contribution is -2.26. The van der Waals surface area contributed by atoms with Crippen molar-refractivity contribution in [2.75, 3.05) is 14.2 Å². The van der Waals surface area contributed by atoms with Gasteiger partial charge >= 0.3 is 17.6 Å². The second kappa shape index (κ2) is 5.90. The molecule has 0 radical (unpaired) electrons. The minimum Gasteiger partial charge on any atom is -0.465 e. The molecule has 25 heavy (non-hydrogen) atoms. The van der Waals surface area contributed by atoms with E-state index >= 15 is 0 Å². The van der Waals surface area contributed by atoms with Crippen LogP contribution in [0.1, 0.15) is 26.3 Å². The van der Waals surface area contributed by atoms with Crippen LogP contribution in [0.5, 0.6) is 0 Å². The Kier molecular flexibility index (Phi) is 3.88. The SMILES string of the molecule is COC(=O)c1cc(=O)n2c(c1C(=O)OC)c(=O)oc1ccc(C)cc12. The lowest BCUT2D eigenvalue weighted by molar-refractivity contribution is 0.0556. The van der Waals surface area contributed by atoms with Crippen LogP contribution in [0.4, 0.5) is 0 Å². The standard InChI is InChI=1S/C17H13NO7/c1-8-4-5-11-10(6-8)18-12(19)7-9(15(20)23-2)13(16(21)24-3)14(18)17(22)25-11/h4-7H,1-3H3. The maximum atomic E-state index is 12.6. The summed E-state index contributed by atoms with van der Waals surface area (Å²) < 4.78 is 15.5. The number of rotatable bonds is 2. The van der Waals surface area contributed by atoms with E-state index in [1.165, 1.54) is 0 Å². The summed E-state index contributed by atoms with van der Waals surface area (Å²) in [7, 11) is 2.19. The van der Waals surface area contributed by atoms with E-state index in [0.717, 1.165) is 30.3 Å². The third-order valence-electron chi connectivity index (χ3n) is 3.76. The first kappa shape index (κ1) is 16.4. The molecule has 0 fully saturated rings. The Bertz CT molecular complexity index is 1150. The van der Waals surface area contributed by atoms with Crippen LogP contribution < -0.4 is 11.2 Å². The number of pyridine rings is 1. The zero-order chi connectivity index (χ0) is 18.3. The number of hydrogen-bond acceptors (Lipinski definition) is 7. The third-order valence-corrected chi connectivity index (χ3v) is 3.76. The van der Waals surface area contributed by atoms with Gasteiger partial charge in [0.05, 0.1) is 25.3 Å². The molecule has 0 aliphatic heterocycles.